The molecule has 0 spiro atoms. The van der Waals surface area contributed by atoms with Gasteiger partial charge in [-0.25, -0.2) is 4.99 Å². The van der Waals surface area contributed by atoms with Crippen LogP contribution in [-0.2, 0) is 4.79 Å². The summed E-state index contributed by atoms with van der Waals surface area (Å²) in [6.45, 7) is 4.06. The van der Waals surface area contributed by atoms with Crippen molar-refractivity contribution in [2.24, 2.45) is 4.99 Å². The number of carbonyl (C=O) groups is 1. The zero-order valence-corrected chi connectivity index (χ0v) is 13.1. The number of carbonyl (C=O) groups excluding carboxylic acids is 1. The van der Waals surface area contributed by atoms with Gasteiger partial charge in [0.25, 0.3) is 0 Å². The van der Waals surface area contributed by atoms with Crippen molar-refractivity contribution in [2.45, 2.75) is 6.42 Å². The van der Waals surface area contributed by atoms with Crippen LogP contribution in [0.5, 0.6) is 0 Å². The first kappa shape index (κ1) is 15.9. The van der Waals surface area contributed by atoms with Gasteiger partial charge in [0.2, 0.25) is 0 Å². The number of thioether (sulfide) groups is 1. The second-order valence-electron chi connectivity index (χ2n) is 5.14. The van der Waals surface area contributed by atoms with Gasteiger partial charge in [-0.1, -0.05) is 30.0 Å². The number of amidine groups is 1. The highest BCUT2D eigenvalue weighted by Gasteiger charge is 2.20. The van der Waals surface area contributed by atoms with Crippen molar-refractivity contribution in [2.75, 3.05) is 39.0 Å². The minimum Gasteiger partial charge on any atom is -0.550 e. The molecule has 0 saturated carbocycles. The van der Waals surface area contributed by atoms with Crippen LogP contribution in [0.1, 0.15) is 6.42 Å². The van der Waals surface area contributed by atoms with Crippen molar-refractivity contribution in [1.82, 2.24) is 4.90 Å². The second-order valence-corrected chi connectivity index (χ2v) is 6.21. The lowest BCUT2D eigenvalue weighted by Crippen LogP contribution is -3.12. The Morgan fingerprint density at radius 1 is 1.33 bits per heavy atom. The molecule has 1 aromatic rings. The Hall–Kier alpha value is -1.53. The van der Waals surface area contributed by atoms with Crippen LogP contribution >= 0.6 is 11.8 Å². The summed E-state index contributed by atoms with van der Waals surface area (Å²) in [6.07, 6.45) is 0.0530. The van der Waals surface area contributed by atoms with E-state index in [2.05, 4.69) is 16.9 Å². The van der Waals surface area contributed by atoms with Crippen molar-refractivity contribution in [1.29, 1.82) is 0 Å². The molecule has 1 aliphatic rings. The molecular formula is C15H21N3O2S. The van der Waals surface area contributed by atoms with Gasteiger partial charge in [-0.2, -0.15) is 0 Å². The Kier molecular flexibility index (Phi) is 6.07. The molecule has 0 atom stereocenters. The largest absolute Gasteiger partial charge is 0.550 e. The van der Waals surface area contributed by atoms with E-state index in [-0.39, 0.29) is 6.42 Å². The number of quaternary nitrogens is 1. The van der Waals surface area contributed by atoms with Crippen LogP contribution in [-0.4, -0.2) is 55.0 Å². The summed E-state index contributed by atoms with van der Waals surface area (Å²) >= 11 is 1.50. The van der Waals surface area contributed by atoms with Gasteiger partial charge in [-0.3, -0.25) is 0 Å². The van der Waals surface area contributed by atoms with E-state index in [1.165, 1.54) is 16.7 Å². The van der Waals surface area contributed by atoms with Crippen molar-refractivity contribution in [3.05, 3.63) is 30.3 Å². The summed E-state index contributed by atoms with van der Waals surface area (Å²) in [5.41, 5.74) is 0.903. The fraction of sp³-hybridized carbons (Fsp3) is 0.467. The van der Waals surface area contributed by atoms with Gasteiger partial charge in [-0.15, -0.1) is 0 Å². The first-order chi connectivity index (χ1) is 10.1. The highest BCUT2D eigenvalue weighted by Crippen LogP contribution is 2.18. The first-order valence-corrected chi connectivity index (χ1v) is 8.16. The standard InChI is InChI=1S/C15H21N3O2S/c1-17-8-10-18(11-9-17)15(21-12-7-14(19)20)16-13-5-3-2-4-6-13/h2-6H,7-12H2,1H3,(H,19,20). The average Bonchev–Trinajstić information content (AvgIpc) is 2.48. The Morgan fingerprint density at radius 2 is 2.00 bits per heavy atom. The van der Waals surface area contributed by atoms with Gasteiger partial charge >= 0.3 is 0 Å². The molecule has 1 fully saturated rings. The maximum absolute atomic E-state index is 10.6. The Morgan fingerprint density at radius 3 is 2.62 bits per heavy atom. The van der Waals surface area contributed by atoms with Gasteiger partial charge in [0.05, 0.1) is 38.9 Å². The number of rotatable bonds is 4. The molecule has 2 rings (SSSR count). The Balaban J connectivity index is 2.06. The maximum Gasteiger partial charge on any atom is 0.164 e. The molecule has 5 nitrogen and oxygen atoms in total. The number of carboxylic acids is 1. The molecule has 0 amide bonds. The van der Waals surface area contributed by atoms with Gasteiger partial charge in [-0.05, 0) is 18.6 Å². The van der Waals surface area contributed by atoms with Crippen LogP contribution in [0.3, 0.4) is 0 Å². The van der Waals surface area contributed by atoms with Crippen LogP contribution in [0.4, 0.5) is 5.69 Å². The molecule has 0 aromatic heterocycles. The molecule has 6 heteroatoms. The number of nitrogens with one attached hydrogen (secondary N) is 1. The molecule has 1 aromatic carbocycles. The zero-order valence-electron chi connectivity index (χ0n) is 12.2. The van der Waals surface area contributed by atoms with E-state index in [0.29, 0.717) is 5.75 Å². The topological polar surface area (TPSA) is 60.2 Å². The van der Waals surface area contributed by atoms with Crippen LogP contribution in [0, 0.1) is 0 Å². The second kappa shape index (κ2) is 8.05. The number of nitrogens with zero attached hydrogens (tertiary/aromatic N) is 2. The third-order valence-corrected chi connectivity index (χ3v) is 4.42. The fourth-order valence-corrected chi connectivity index (χ4v) is 3.10. The van der Waals surface area contributed by atoms with E-state index in [1.807, 2.05) is 30.3 Å². The van der Waals surface area contributed by atoms with Crippen molar-refractivity contribution >= 4 is 28.6 Å². The summed E-state index contributed by atoms with van der Waals surface area (Å²) in [7, 11) is 2.19. The third kappa shape index (κ3) is 5.40. The summed E-state index contributed by atoms with van der Waals surface area (Å²) in [5.74, 6) is -0.517. The van der Waals surface area contributed by atoms with Crippen LogP contribution in [0.2, 0.25) is 0 Å². The molecule has 1 saturated heterocycles. The number of aliphatic imine (C=N–C) groups is 1. The third-order valence-electron chi connectivity index (χ3n) is 3.41. The number of aliphatic carboxylic acids is 1. The summed E-state index contributed by atoms with van der Waals surface area (Å²) in [6, 6.07) is 9.79. The van der Waals surface area contributed by atoms with Gasteiger partial charge in [0.15, 0.2) is 5.17 Å². The molecule has 0 radical (unpaired) electrons. The van der Waals surface area contributed by atoms with Gasteiger partial charge in [0, 0.05) is 11.7 Å². The number of hydrogen-bond acceptors (Lipinski definition) is 4. The summed E-state index contributed by atoms with van der Waals surface area (Å²) in [5, 5.41) is 11.5. The maximum atomic E-state index is 10.6. The molecule has 1 N–H and O–H groups in total. The molecule has 0 aliphatic carbocycles. The smallest absolute Gasteiger partial charge is 0.164 e. The normalized spacial score (nSPS) is 17.0. The van der Waals surface area contributed by atoms with Crippen LogP contribution < -0.4 is 10.0 Å². The minimum atomic E-state index is -1.01. The van der Waals surface area contributed by atoms with Crippen molar-refractivity contribution in [3.63, 3.8) is 0 Å². The number of hydrogen-bond donors (Lipinski definition) is 1. The first-order valence-electron chi connectivity index (χ1n) is 7.18. The Labute approximate surface area is 129 Å². The van der Waals surface area contributed by atoms with Gasteiger partial charge in [0.1, 0.15) is 0 Å². The predicted molar refractivity (Wildman–Crippen MR) is 83.8 cm³/mol. The molecular weight excluding hydrogens is 286 g/mol. The predicted octanol–water partition coefficient (Wildman–Crippen LogP) is -0.622. The van der Waals surface area contributed by atoms with Crippen molar-refractivity contribution < 1.29 is 14.8 Å². The molecule has 1 heterocycles. The van der Waals surface area contributed by atoms with Gasteiger partial charge < -0.3 is 19.7 Å². The summed E-state index contributed by atoms with van der Waals surface area (Å²) in [4.78, 5) is 19.0. The average molecular weight is 307 g/mol. The molecule has 0 unspecified atom stereocenters. The minimum absolute atomic E-state index is 0.0530. The molecule has 0 bridgehead atoms. The molecule has 1 aliphatic heterocycles. The number of likely N-dealkylation sites (N-methyl/N-ethyl adjacent to an activating group) is 1. The highest BCUT2D eigenvalue weighted by molar-refractivity contribution is 8.13. The van der Waals surface area contributed by atoms with E-state index >= 15 is 0 Å². The van der Waals surface area contributed by atoms with E-state index in [4.69, 9.17) is 0 Å². The number of carboxylic acid groups (broad SMARTS) is 1. The lowest BCUT2D eigenvalue weighted by atomic mass is 10.3. The quantitative estimate of drug-likeness (QED) is 0.595. The monoisotopic (exact) mass is 307 g/mol. The molecule has 21 heavy (non-hydrogen) atoms. The van der Waals surface area contributed by atoms with Crippen LogP contribution in [0.25, 0.3) is 0 Å². The van der Waals surface area contributed by atoms with E-state index in [9.17, 15) is 9.90 Å². The summed E-state index contributed by atoms with van der Waals surface area (Å²) < 4.78 is 0. The van der Waals surface area contributed by atoms with E-state index in [1.54, 1.807) is 0 Å². The molecule has 114 valence electrons. The lowest BCUT2D eigenvalue weighted by Gasteiger charge is -2.32. The van der Waals surface area contributed by atoms with E-state index < -0.39 is 5.97 Å². The zero-order chi connectivity index (χ0) is 15.1. The van der Waals surface area contributed by atoms with E-state index in [0.717, 1.165) is 37.0 Å². The number of benzene rings is 1. The lowest BCUT2D eigenvalue weighted by molar-refractivity contribution is -0.883. The Bertz CT molecular complexity index is 485. The number of piperazine rings is 1. The number of para-hydroxylation sites is 1. The van der Waals surface area contributed by atoms with Crippen molar-refractivity contribution in [3.8, 4) is 0 Å². The highest BCUT2D eigenvalue weighted by atomic mass is 32.2. The van der Waals surface area contributed by atoms with Crippen LogP contribution in [0.15, 0.2) is 35.3 Å². The fourth-order valence-electron chi connectivity index (χ4n) is 2.11. The SMILES string of the molecule is C[NH+]1CCN(C(=Nc2ccccc2)SCCC(=O)[O-])CC1.